The lowest BCUT2D eigenvalue weighted by Crippen LogP contribution is -2.23. The number of nitrogens with one attached hydrogen (secondary N) is 1. The maximum absolute atomic E-state index is 12.1. The smallest absolute Gasteiger partial charge is 0.267 e. The van der Waals surface area contributed by atoms with Crippen LogP contribution in [0.15, 0.2) is 30.5 Å². The van der Waals surface area contributed by atoms with Crippen molar-refractivity contribution in [2.45, 2.75) is 26.2 Å². The molecular weight excluding hydrogens is 298 g/mol. The SMILES string of the molecule is CCc1ncc(C(=O)Nc2ccc(N3CCCC3=O)cc2)s1. The third kappa shape index (κ3) is 3.01. The quantitative estimate of drug-likeness (QED) is 0.943. The number of amides is 2. The van der Waals surface area contributed by atoms with Crippen LogP contribution < -0.4 is 10.2 Å². The zero-order valence-electron chi connectivity index (χ0n) is 12.3. The molecule has 1 fully saturated rings. The minimum atomic E-state index is -0.151. The highest BCUT2D eigenvalue weighted by Crippen LogP contribution is 2.23. The molecule has 0 saturated carbocycles. The lowest BCUT2D eigenvalue weighted by molar-refractivity contribution is -0.117. The Morgan fingerprint density at radius 1 is 1.36 bits per heavy atom. The number of benzene rings is 1. The van der Waals surface area contributed by atoms with Crippen LogP contribution in [0.25, 0.3) is 0 Å². The Labute approximate surface area is 133 Å². The number of carbonyl (C=O) groups excluding carboxylic acids is 2. The molecule has 0 unspecified atom stereocenters. The van der Waals surface area contributed by atoms with E-state index in [4.69, 9.17) is 0 Å². The van der Waals surface area contributed by atoms with Gasteiger partial charge in [0.15, 0.2) is 0 Å². The summed E-state index contributed by atoms with van der Waals surface area (Å²) in [6, 6.07) is 7.37. The summed E-state index contributed by atoms with van der Waals surface area (Å²) in [5.41, 5.74) is 1.60. The fraction of sp³-hybridized carbons (Fsp3) is 0.312. The average Bonchev–Trinajstić information content (AvgIpc) is 3.17. The van der Waals surface area contributed by atoms with Gasteiger partial charge in [-0.25, -0.2) is 4.98 Å². The van der Waals surface area contributed by atoms with Crippen LogP contribution in [0, 0.1) is 0 Å². The highest BCUT2D eigenvalue weighted by Gasteiger charge is 2.21. The minimum absolute atomic E-state index is 0.151. The maximum Gasteiger partial charge on any atom is 0.267 e. The van der Waals surface area contributed by atoms with Gasteiger partial charge < -0.3 is 10.2 Å². The van der Waals surface area contributed by atoms with Gasteiger partial charge >= 0.3 is 0 Å². The summed E-state index contributed by atoms with van der Waals surface area (Å²) in [6.07, 6.45) is 3.96. The Hall–Kier alpha value is -2.21. The number of aromatic nitrogens is 1. The third-order valence-corrected chi connectivity index (χ3v) is 4.73. The van der Waals surface area contributed by atoms with E-state index in [1.54, 1.807) is 11.1 Å². The Morgan fingerprint density at radius 3 is 2.73 bits per heavy atom. The molecule has 2 heterocycles. The van der Waals surface area contributed by atoms with Crippen LogP contribution in [-0.4, -0.2) is 23.3 Å². The monoisotopic (exact) mass is 315 g/mol. The Kier molecular flexibility index (Phi) is 4.20. The number of anilines is 2. The first-order chi connectivity index (χ1) is 10.7. The largest absolute Gasteiger partial charge is 0.321 e. The van der Waals surface area contributed by atoms with E-state index < -0.39 is 0 Å². The van der Waals surface area contributed by atoms with Crippen LogP contribution in [0.3, 0.4) is 0 Å². The summed E-state index contributed by atoms with van der Waals surface area (Å²) in [4.78, 5) is 30.4. The van der Waals surface area contributed by atoms with Gasteiger partial charge in [0.25, 0.3) is 5.91 Å². The normalized spacial score (nSPS) is 14.4. The molecule has 0 spiro atoms. The molecule has 1 aliphatic rings. The third-order valence-electron chi connectivity index (χ3n) is 3.59. The first kappa shape index (κ1) is 14.7. The number of aryl methyl sites for hydroxylation is 1. The second-order valence-corrected chi connectivity index (χ2v) is 6.24. The van der Waals surface area contributed by atoms with Gasteiger partial charge in [0, 0.05) is 24.3 Å². The molecule has 114 valence electrons. The van der Waals surface area contributed by atoms with Gasteiger partial charge in [-0.15, -0.1) is 11.3 Å². The van der Waals surface area contributed by atoms with Crippen molar-refractivity contribution in [2.75, 3.05) is 16.8 Å². The molecule has 5 nitrogen and oxygen atoms in total. The Balaban J connectivity index is 1.68. The van der Waals surface area contributed by atoms with Crippen LogP contribution >= 0.6 is 11.3 Å². The predicted octanol–water partition coefficient (Wildman–Crippen LogP) is 3.08. The van der Waals surface area contributed by atoms with Crippen LogP contribution in [0.1, 0.15) is 34.4 Å². The summed E-state index contributed by atoms with van der Waals surface area (Å²) in [6.45, 7) is 2.78. The molecule has 1 N–H and O–H groups in total. The molecule has 2 amide bonds. The molecule has 0 radical (unpaired) electrons. The van der Waals surface area contributed by atoms with E-state index in [2.05, 4.69) is 10.3 Å². The Bertz CT molecular complexity index is 694. The minimum Gasteiger partial charge on any atom is -0.321 e. The number of carbonyl (C=O) groups is 2. The fourth-order valence-corrected chi connectivity index (χ4v) is 3.17. The van der Waals surface area contributed by atoms with Crippen molar-refractivity contribution < 1.29 is 9.59 Å². The fourth-order valence-electron chi connectivity index (χ4n) is 2.42. The molecule has 0 atom stereocenters. The number of rotatable bonds is 4. The van der Waals surface area contributed by atoms with Crippen molar-refractivity contribution in [2.24, 2.45) is 0 Å². The summed E-state index contributed by atoms with van der Waals surface area (Å²) in [5, 5.41) is 3.80. The maximum atomic E-state index is 12.1. The summed E-state index contributed by atoms with van der Waals surface area (Å²) in [5.74, 6) is 0.00994. The molecule has 6 heteroatoms. The number of hydrogen-bond donors (Lipinski definition) is 1. The molecule has 1 aliphatic heterocycles. The molecule has 2 aromatic rings. The molecular formula is C16H17N3O2S. The van der Waals surface area contributed by atoms with Crippen LogP contribution in [0.2, 0.25) is 0 Å². The number of hydrogen-bond acceptors (Lipinski definition) is 4. The second-order valence-electron chi connectivity index (χ2n) is 5.12. The van der Waals surface area contributed by atoms with Gasteiger partial charge in [0.1, 0.15) is 4.88 Å². The van der Waals surface area contributed by atoms with Crippen molar-refractivity contribution in [1.82, 2.24) is 4.98 Å². The van der Waals surface area contributed by atoms with E-state index in [-0.39, 0.29) is 11.8 Å². The van der Waals surface area contributed by atoms with Crippen LogP contribution in [0.4, 0.5) is 11.4 Å². The van der Waals surface area contributed by atoms with E-state index >= 15 is 0 Å². The molecule has 22 heavy (non-hydrogen) atoms. The van der Waals surface area contributed by atoms with Gasteiger partial charge in [-0.3, -0.25) is 9.59 Å². The standard InChI is InChI=1S/C16H17N3O2S/c1-2-14-17-10-13(22-14)16(21)18-11-5-7-12(8-6-11)19-9-3-4-15(19)20/h5-8,10H,2-4,9H2,1H3,(H,18,21). The molecule has 0 bridgehead atoms. The van der Waals surface area contributed by atoms with Crippen molar-refractivity contribution in [3.8, 4) is 0 Å². The second kappa shape index (κ2) is 6.27. The van der Waals surface area contributed by atoms with E-state index in [0.29, 0.717) is 17.0 Å². The van der Waals surface area contributed by atoms with Crippen molar-refractivity contribution >= 4 is 34.5 Å². The summed E-state index contributed by atoms with van der Waals surface area (Å²) in [7, 11) is 0. The van der Waals surface area contributed by atoms with Gasteiger partial charge in [0.05, 0.1) is 11.2 Å². The van der Waals surface area contributed by atoms with E-state index in [1.165, 1.54) is 11.3 Å². The lowest BCUT2D eigenvalue weighted by atomic mass is 10.2. The molecule has 1 aromatic carbocycles. The summed E-state index contributed by atoms with van der Waals surface area (Å²) >= 11 is 1.41. The zero-order valence-corrected chi connectivity index (χ0v) is 13.2. The molecule has 0 aliphatic carbocycles. The highest BCUT2D eigenvalue weighted by molar-refractivity contribution is 7.13. The average molecular weight is 315 g/mol. The molecule has 1 aromatic heterocycles. The van der Waals surface area contributed by atoms with Gasteiger partial charge in [-0.2, -0.15) is 0 Å². The van der Waals surface area contributed by atoms with E-state index in [1.807, 2.05) is 31.2 Å². The number of thiazole rings is 1. The highest BCUT2D eigenvalue weighted by atomic mass is 32.1. The van der Waals surface area contributed by atoms with Crippen LogP contribution in [0.5, 0.6) is 0 Å². The van der Waals surface area contributed by atoms with E-state index in [9.17, 15) is 9.59 Å². The van der Waals surface area contributed by atoms with Gasteiger partial charge in [0.2, 0.25) is 5.91 Å². The predicted molar refractivity (Wildman–Crippen MR) is 87.5 cm³/mol. The molecule has 1 saturated heterocycles. The Morgan fingerprint density at radius 2 is 2.14 bits per heavy atom. The van der Waals surface area contributed by atoms with Gasteiger partial charge in [-0.05, 0) is 37.1 Å². The van der Waals surface area contributed by atoms with Crippen molar-refractivity contribution in [1.29, 1.82) is 0 Å². The van der Waals surface area contributed by atoms with Crippen molar-refractivity contribution in [3.05, 3.63) is 40.3 Å². The van der Waals surface area contributed by atoms with Crippen molar-refractivity contribution in [3.63, 3.8) is 0 Å². The topological polar surface area (TPSA) is 62.3 Å². The first-order valence-electron chi connectivity index (χ1n) is 7.34. The lowest BCUT2D eigenvalue weighted by Gasteiger charge is -2.16. The van der Waals surface area contributed by atoms with E-state index in [0.717, 1.165) is 30.1 Å². The zero-order chi connectivity index (χ0) is 15.5. The number of nitrogens with zero attached hydrogens (tertiary/aromatic N) is 2. The van der Waals surface area contributed by atoms with Gasteiger partial charge in [-0.1, -0.05) is 6.92 Å². The molecule has 3 rings (SSSR count). The van der Waals surface area contributed by atoms with Crippen LogP contribution in [-0.2, 0) is 11.2 Å². The first-order valence-corrected chi connectivity index (χ1v) is 8.15. The summed E-state index contributed by atoms with van der Waals surface area (Å²) < 4.78 is 0.